The molecule has 0 unspecified atom stereocenters. The molecule has 0 fully saturated rings. The van der Waals surface area contributed by atoms with Crippen LogP contribution in [0.2, 0.25) is 0 Å². The lowest BCUT2D eigenvalue weighted by Crippen LogP contribution is -2.30. The van der Waals surface area contributed by atoms with Crippen LogP contribution in [0.4, 0.5) is 11.4 Å². The van der Waals surface area contributed by atoms with E-state index in [0.717, 1.165) is 25.4 Å². The van der Waals surface area contributed by atoms with Crippen LogP contribution in [-0.2, 0) is 4.74 Å². The molecule has 0 spiro atoms. The van der Waals surface area contributed by atoms with E-state index in [9.17, 15) is 0 Å². The summed E-state index contributed by atoms with van der Waals surface area (Å²) >= 11 is 0. The highest BCUT2D eigenvalue weighted by atomic mass is 16.5. The van der Waals surface area contributed by atoms with Gasteiger partial charge in [-0.05, 0) is 52.0 Å². The molecule has 1 aromatic rings. The van der Waals surface area contributed by atoms with Crippen LogP contribution in [0.3, 0.4) is 0 Å². The molecular formula is C14H24N2O. The average molecular weight is 236 g/mol. The molecule has 3 nitrogen and oxygen atoms in total. The summed E-state index contributed by atoms with van der Waals surface area (Å²) < 4.78 is 5.74. The number of nitrogens with two attached hydrogens (primary N) is 1. The summed E-state index contributed by atoms with van der Waals surface area (Å²) in [6.45, 7) is 11.0. The average Bonchev–Trinajstić information content (AvgIpc) is 2.24. The van der Waals surface area contributed by atoms with Crippen LogP contribution < -0.4 is 10.6 Å². The molecule has 2 N–H and O–H groups in total. The van der Waals surface area contributed by atoms with E-state index in [1.54, 1.807) is 0 Å². The molecule has 0 saturated heterocycles. The summed E-state index contributed by atoms with van der Waals surface area (Å²) in [5.74, 6) is 0. The SMILES string of the molecule is CCN(CCOC(C)(C)C)c1ccc(N)cc1. The van der Waals surface area contributed by atoms with Crippen molar-refractivity contribution in [3.63, 3.8) is 0 Å². The highest BCUT2D eigenvalue weighted by molar-refractivity contribution is 5.52. The molecule has 0 aliphatic heterocycles. The molecular weight excluding hydrogens is 212 g/mol. The van der Waals surface area contributed by atoms with Crippen molar-refractivity contribution in [1.29, 1.82) is 0 Å². The number of ether oxygens (including phenoxy) is 1. The van der Waals surface area contributed by atoms with Gasteiger partial charge in [0.25, 0.3) is 0 Å². The number of benzene rings is 1. The topological polar surface area (TPSA) is 38.5 Å². The fourth-order valence-corrected chi connectivity index (χ4v) is 1.62. The second-order valence-electron chi connectivity index (χ2n) is 5.13. The first-order valence-corrected chi connectivity index (χ1v) is 6.17. The van der Waals surface area contributed by atoms with E-state index in [1.165, 1.54) is 5.69 Å². The molecule has 1 rings (SSSR count). The molecule has 0 aromatic heterocycles. The molecule has 0 saturated carbocycles. The first-order chi connectivity index (χ1) is 7.92. The van der Waals surface area contributed by atoms with Gasteiger partial charge in [0.2, 0.25) is 0 Å². The number of likely N-dealkylation sites (N-methyl/N-ethyl adjacent to an activating group) is 1. The number of nitrogens with zero attached hydrogens (tertiary/aromatic N) is 1. The van der Waals surface area contributed by atoms with Crippen molar-refractivity contribution in [2.45, 2.75) is 33.3 Å². The van der Waals surface area contributed by atoms with Crippen LogP contribution >= 0.6 is 0 Å². The number of anilines is 2. The third kappa shape index (κ3) is 5.09. The van der Waals surface area contributed by atoms with Gasteiger partial charge in [0.15, 0.2) is 0 Å². The predicted molar refractivity (Wildman–Crippen MR) is 74.4 cm³/mol. The van der Waals surface area contributed by atoms with Gasteiger partial charge in [0.1, 0.15) is 0 Å². The van der Waals surface area contributed by atoms with Crippen molar-refractivity contribution in [3.05, 3.63) is 24.3 Å². The minimum atomic E-state index is -0.0689. The molecule has 17 heavy (non-hydrogen) atoms. The molecule has 0 aliphatic carbocycles. The zero-order valence-electron chi connectivity index (χ0n) is 11.4. The second kappa shape index (κ2) is 5.92. The fraction of sp³-hybridized carbons (Fsp3) is 0.571. The number of hydrogen-bond acceptors (Lipinski definition) is 3. The summed E-state index contributed by atoms with van der Waals surface area (Å²) in [6.07, 6.45) is 0. The van der Waals surface area contributed by atoms with Crippen molar-refractivity contribution >= 4 is 11.4 Å². The lowest BCUT2D eigenvalue weighted by atomic mass is 10.2. The highest BCUT2D eigenvalue weighted by Crippen LogP contribution is 2.16. The van der Waals surface area contributed by atoms with Gasteiger partial charge in [-0.15, -0.1) is 0 Å². The summed E-state index contributed by atoms with van der Waals surface area (Å²) in [6, 6.07) is 7.97. The van der Waals surface area contributed by atoms with E-state index in [2.05, 4.69) is 44.7 Å². The lowest BCUT2D eigenvalue weighted by Gasteiger charge is -2.26. The highest BCUT2D eigenvalue weighted by Gasteiger charge is 2.11. The quantitative estimate of drug-likeness (QED) is 0.799. The largest absolute Gasteiger partial charge is 0.399 e. The van der Waals surface area contributed by atoms with E-state index >= 15 is 0 Å². The summed E-state index contributed by atoms with van der Waals surface area (Å²) in [4.78, 5) is 2.28. The van der Waals surface area contributed by atoms with Crippen LogP contribution in [0.1, 0.15) is 27.7 Å². The Hall–Kier alpha value is -1.22. The monoisotopic (exact) mass is 236 g/mol. The fourth-order valence-electron chi connectivity index (χ4n) is 1.62. The predicted octanol–water partition coefficient (Wildman–Crippen LogP) is 2.91. The third-order valence-corrected chi connectivity index (χ3v) is 2.54. The molecule has 0 amide bonds. The Bertz CT molecular complexity index is 327. The standard InChI is InChI=1S/C14H24N2O/c1-5-16(10-11-17-14(2,3)4)13-8-6-12(15)7-9-13/h6-9H,5,10-11,15H2,1-4H3. The first-order valence-electron chi connectivity index (χ1n) is 6.17. The maximum Gasteiger partial charge on any atom is 0.0648 e. The van der Waals surface area contributed by atoms with Crippen molar-refractivity contribution in [1.82, 2.24) is 0 Å². The van der Waals surface area contributed by atoms with Crippen LogP contribution in [0.5, 0.6) is 0 Å². The van der Waals surface area contributed by atoms with Gasteiger partial charge in [-0.2, -0.15) is 0 Å². The Morgan fingerprint density at radius 1 is 1.18 bits per heavy atom. The number of hydrogen-bond donors (Lipinski definition) is 1. The van der Waals surface area contributed by atoms with Gasteiger partial charge in [0, 0.05) is 24.5 Å². The van der Waals surface area contributed by atoms with Gasteiger partial charge in [0.05, 0.1) is 12.2 Å². The molecule has 0 bridgehead atoms. The Morgan fingerprint density at radius 2 is 1.76 bits per heavy atom. The first kappa shape index (κ1) is 13.8. The maximum absolute atomic E-state index is 5.74. The zero-order chi connectivity index (χ0) is 12.9. The number of rotatable bonds is 5. The normalized spacial score (nSPS) is 11.5. The Kier molecular flexibility index (Phi) is 4.82. The van der Waals surface area contributed by atoms with Crippen LogP contribution in [0.15, 0.2) is 24.3 Å². The molecule has 96 valence electrons. The van der Waals surface area contributed by atoms with Crippen molar-refractivity contribution in [2.24, 2.45) is 0 Å². The Balaban J connectivity index is 2.51. The van der Waals surface area contributed by atoms with Crippen LogP contribution in [0, 0.1) is 0 Å². The van der Waals surface area contributed by atoms with Gasteiger partial charge in [-0.1, -0.05) is 0 Å². The van der Waals surface area contributed by atoms with Crippen molar-refractivity contribution in [2.75, 3.05) is 30.3 Å². The minimum absolute atomic E-state index is 0.0689. The van der Waals surface area contributed by atoms with Gasteiger partial charge < -0.3 is 15.4 Å². The van der Waals surface area contributed by atoms with Crippen LogP contribution in [-0.4, -0.2) is 25.3 Å². The third-order valence-electron chi connectivity index (χ3n) is 2.54. The van der Waals surface area contributed by atoms with Gasteiger partial charge in [-0.25, -0.2) is 0 Å². The smallest absolute Gasteiger partial charge is 0.0648 e. The van der Waals surface area contributed by atoms with Crippen molar-refractivity contribution in [3.8, 4) is 0 Å². The van der Waals surface area contributed by atoms with E-state index < -0.39 is 0 Å². The van der Waals surface area contributed by atoms with Crippen LogP contribution in [0.25, 0.3) is 0 Å². The molecule has 1 aromatic carbocycles. The Labute approximate surface area is 105 Å². The van der Waals surface area contributed by atoms with E-state index in [4.69, 9.17) is 10.5 Å². The van der Waals surface area contributed by atoms with Crippen molar-refractivity contribution < 1.29 is 4.74 Å². The summed E-state index contributed by atoms with van der Waals surface area (Å²) in [5.41, 5.74) is 7.61. The van der Waals surface area contributed by atoms with E-state index in [0.29, 0.717) is 0 Å². The van der Waals surface area contributed by atoms with E-state index in [1.807, 2.05) is 12.1 Å². The summed E-state index contributed by atoms with van der Waals surface area (Å²) in [7, 11) is 0. The van der Waals surface area contributed by atoms with E-state index in [-0.39, 0.29) is 5.60 Å². The lowest BCUT2D eigenvalue weighted by molar-refractivity contribution is 0.00142. The maximum atomic E-state index is 5.74. The summed E-state index contributed by atoms with van der Waals surface area (Å²) in [5, 5.41) is 0. The van der Waals surface area contributed by atoms with Gasteiger partial charge in [-0.3, -0.25) is 0 Å². The van der Waals surface area contributed by atoms with Gasteiger partial charge >= 0.3 is 0 Å². The molecule has 0 heterocycles. The molecule has 0 aliphatic rings. The zero-order valence-corrected chi connectivity index (χ0v) is 11.4. The molecule has 0 radical (unpaired) electrons. The number of nitrogen functional groups attached to an aromatic ring is 1. The Morgan fingerprint density at radius 3 is 2.24 bits per heavy atom. The molecule has 0 atom stereocenters. The second-order valence-corrected chi connectivity index (χ2v) is 5.13. The minimum Gasteiger partial charge on any atom is -0.399 e. The molecule has 3 heteroatoms.